The molecule has 1 aromatic carbocycles. The standard InChI is InChI=1S/C10H12N4O/c1-15-9-3-2-6(4-7(9)11)8-5-13-10(12)14-8/h2-5H,11H2,1H3,(H3,12,13,14). The minimum absolute atomic E-state index is 0.388. The number of anilines is 2. The zero-order valence-corrected chi connectivity index (χ0v) is 8.32. The van der Waals surface area contributed by atoms with Gasteiger partial charge in [0.05, 0.1) is 24.7 Å². The molecular formula is C10H12N4O. The highest BCUT2D eigenvalue weighted by molar-refractivity contribution is 5.68. The molecule has 0 spiro atoms. The average molecular weight is 204 g/mol. The topological polar surface area (TPSA) is 90.0 Å². The molecule has 0 saturated heterocycles. The van der Waals surface area contributed by atoms with E-state index in [9.17, 15) is 0 Å². The van der Waals surface area contributed by atoms with Crippen LogP contribution in [0.5, 0.6) is 5.75 Å². The maximum atomic E-state index is 5.79. The van der Waals surface area contributed by atoms with Crippen molar-refractivity contribution in [3.8, 4) is 17.0 Å². The second-order valence-electron chi connectivity index (χ2n) is 3.14. The number of benzene rings is 1. The Hall–Kier alpha value is -2.17. The molecule has 1 heterocycles. The Bertz CT molecular complexity index is 478. The van der Waals surface area contributed by atoms with Crippen molar-refractivity contribution in [1.82, 2.24) is 9.97 Å². The Balaban J connectivity index is 2.42. The second kappa shape index (κ2) is 3.53. The van der Waals surface area contributed by atoms with Gasteiger partial charge in [-0.15, -0.1) is 0 Å². The molecule has 0 fully saturated rings. The number of H-pyrrole nitrogens is 1. The molecule has 0 amide bonds. The van der Waals surface area contributed by atoms with E-state index >= 15 is 0 Å². The molecule has 5 N–H and O–H groups in total. The molecule has 0 saturated carbocycles. The first-order valence-electron chi connectivity index (χ1n) is 4.45. The number of aromatic nitrogens is 2. The highest BCUT2D eigenvalue weighted by Gasteiger charge is 2.04. The zero-order chi connectivity index (χ0) is 10.8. The van der Waals surface area contributed by atoms with Gasteiger partial charge in [0.1, 0.15) is 5.75 Å². The minimum Gasteiger partial charge on any atom is -0.495 e. The van der Waals surface area contributed by atoms with E-state index in [0.29, 0.717) is 17.4 Å². The van der Waals surface area contributed by atoms with Crippen LogP contribution in [-0.2, 0) is 0 Å². The Kier molecular flexibility index (Phi) is 2.21. The Morgan fingerprint density at radius 3 is 2.67 bits per heavy atom. The summed E-state index contributed by atoms with van der Waals surface area (Å²) in [5, 5.41) is 0. The second-order valence-corrected chi connectivity index (χ2v) is 3.14. The number of methoxy groups -OCH3 is 1. The van der Waals surface area contributed by atoms with E-state index in [1.165, 1.54) is 0 Å². The van der Waals surface area contributed by atoms with Gasteiger partial charge in [0.2, 0.25) is 0 Å². The zero-order valence-electron chi connectivity index (χ0n) is 8.32. The smallest absolute Gasteiger partial charge is 0.197 e. The summed E-state index contributed by atoms with van der Waals surface area (Å²) >= 11 is 0. The van der Waals surface area contributed by atoms with Gasteiger partial charge in [0, 0.05) is 5.56 Å². The molecule has 2 aromatic rings. The lowest BCUT2D eigenvalue weighted by Crippen LogP contribution is -1.92. The van der Waals surface area contributed by atoms with Crippen molar-refractivity contribution in [1.29, 1.82) is 0 Å². The number of imidazole rings is 1. The number of rotatable bonds is 2. The van der Waals surface area contributed by atoms with Crippen LogP contribution in [0.15, 0.2) is 24.4 Å². The Morgan fingerprint density at radius 2 is 2.13 bits per heavy atom. The first kappa shape index (κ1) is 9.39. The largest absolute Gasteiger partial charge is 0.495 e. The van der Waals surface area contributed by atoms with E-state index in [-0.39, 0.29) is 0 Å². The first-order chi connectivity index (χ1) is 7.20. The van der Waals surface area contributed by atoms with Crippen LogP contribution in [-0.4, -0.2) is 17.1 Å². The molecule has 0 aliphatic rings. The molecule has 78 valence electrons. The third kappa shape index (κ3) is 1.71. The molecule has 5 heteroatoms. The Labute approximate surface area is 87.1 Å². The molecule has 0 bridgehead atoms. The quantitative estimate of drug-likeness (QED) is 0.642. The monoisotopic (exact) mass is 204 g/mol. The van der Waals surface area contributed by atoms with Gasteiger partial charge in [-0.05, 0) is 18.2 Å². The molecule has 0 unspecified atom stereocenters. The highest BCUT2D eigenvalue weighted by Crippen LogP contribution is 2.27. The van der Waals surface area contributed by atoms with Crippen molar-refractivity contribution in [3.63, 3.8) is 0 Å². The van der Waals surface area contributed by atoms with Crippen LogP contribution in [0.3, 0.4) is 0 Å². The number of nitrogens with one attached hydrogen (secondary N) is 1. The summed E-state index contributed by atoms with van der Waals surface area (Å²) in [6, 6.07) is 5.51. The van der Waals surface area contributed by atoms with Crippen molar-refractivity contribution in [2.75, 3.05) is 18.6 Å². The van der Waals surface area contributed by atoms with Crippen molar-refractivity contribution in [2.24, 2.45) is 0 Å². The summed E-state index contributed by atoms with van der Waals surface area (Å²) in [7, 11) is 1.58. The molecule has 0 radical (unpaired) electrons. The van der Waals surface area contributed by atoms with E-state index < -0.39 is 0 Å². The lowest BCUT2D eigenvalue weighted by molar-refractivity contribution is 0.417. The number of hydrogen-bond donors (Lipinski definition) is 3. The van der Waals surface area contributed by atoms with Gasteiger partial charge in [-0.25, -0.2) is 4.98 Å². The predicted molar refractivity (Wildman–Crippen MR) is 59.4 cm³/mol. The van der Waals surface area contributed by atoms with Gasteiger partial charge in [-0.3, -0.25) is 0 Å². The fourth-order valence-corrected chi connectivity index (χ4v) is 1.39. The predicted octanol–water partition coefficient (Wildman–Crippen LogP) is 1.25. The van der Waals surface area contributed by atoms with Crippen molar-refractivity contribution in [3.05, 3.63) is 24.4 Å². The number of nitrogen functional groups attached to an aromatic ring is 2. The molecule has 2 rings (SSSR count). The van der Waals surface area contributed by atoms with Gasteiger partial charge in [-0.2, -0.15) is 0 Å². The SMILES string of the molecule is COc1ccc(-c2cnc(N)[nH]2)cc1N. The fourth-order valence-electron chi connectivity index (χ4n) is 1.39. The number of nitrogens with zero attached hydrogens (tertiary/aromatic N) is 1. The number of aromatic amines is 1. The highest BCUT2D eigenvalue weighted by atomic mass is 16.5. The molecule has 0 aliphatic heterocycles. The number of ether oxygens (including phenoxy) is 1. The third-order valence-corrected chi connectivity index (χ3v) is 2.14. The molecular weight excluding hydrogens is 192 g/mol. The number of nitrogens with two attached hydrogens (primary N) is 2. The summed E-state index contributed by atoms with van der Waals surface area (Å²) in [6.07, 6.45) is 1.66. The molecule has 1 aromatic heterocycles. The first-order valence-corrected chi connectivity index (χ1v) is 4.45. The van der Waals surface area contributed by atoms with E-state index in [1.54, 1.807) is 13.3 Å². The molecule has 15 heavy (non-hydrogen) atoms. The minimum atomic E-state index is 0.388. The summed E-state index contributed by atoms with van der Waals surface area (Å²) < 4.78 is 5.07. The molecule has 5 nitrogen and oxygen atoms in total. The van der Waals surface area contributed by atoms with Gasteiger partial charge in [0.15, 0.2) is 5.95 Å². The van der Waals surface area contributed by atoms with Crippen LogP contribution in [0.1, 0.15) is 0 Å². The third-order valence-electron chi connectivity index (χ3n) is 2.14. The van der Waals surface area contributed by atoms with Crippen LogP contribution in [0.25, 0.3) is 11.3 Å². The van der Waals surface area contributed by atoms with E-state index in [0.717, 1.165) is 11.3 Å². The molecule has 0 atom stereocenters. The van der Waals surface area contributed by atoms with Crippen molar-refractivity contribution in [2.45, 2.75) is 0 Å². The van der Waals surface area contributed by atoms with Crippen molar-refractivity contribution < 1.29 is 4.74 Å². The summed E-state index contributed by atoms with van der Waals surface area (Å²) in [5.41, 5.74) is 13.6. The van der Waals surface area contributed by atoms with Gasteiger partial charge in [0.25, 0.3) is 0 Å². The Morgan fingerprint density at radius 1 is 1.33 bits per heavy atom. The van der Waals surface area contributed by atoms with Crippen LogP contribution < -0.4 is 16.2 Å². The van der Waals surface area contributed by atoms with Gasteiger partial charge >= 0.3 is 0 Å². The van der Waals surface area contributed by atoms with Crippen LogP contribution in [0.2, 0.25) is 0 Å². The van der Waals surface area contributed by atoms with E-state index in [4.69, 9.17) is 16.2 Å². The van der Waals surface area contributed by atoms with Gasteiger partial charge in [-0.1, -0.05) is 0 Å². The number of hydrogen-bond acceptors (Lipinski definition) is 4. The summed E-state index contributed by atoms with van der Waals surface area (Å²) in [6.45, 7) is 0. The normalized spacial score (nSPS) is 10.2. The summed E-state index contributed by atoms with van der Waals surface area (Å²) in [5.74, 6) is 1.05. The van der Waals surface area contributed by atoms with E-state index in [2.05, 4.69) is 9.97 Å². The van der Waals surface area contributed by atoms with E-state index in [1.807, 2.05) is 18.2 Å². The average Bonchev–Trinajstić information content (AvgIpc) is 2.65. The fraction of sp³-hybridized carbons (Fsp3) is 0.100. The lowest BCUT2D eigenvalue weighted by Gasteiger charge is -2.05. The van der Waals surface area contributed by atoms with Gasteiger partial charge < -0.3 is 21.2 Å². The van der Waals surface area contributed by atoms with Crippen LogP contribution in [0.4, 0.5) is 11.6 Å². The van der Waals surface area contributed by atoms with Crippen molar-refractivity contribution >= 4 is 11.6 Å². The van der Waals surface area contributed by atoms with Crippen LogP contribution >= 0.6 is 0 Å². The molecule has 0 aliphatic carbocycles. The maximum absolute atomic E-state index is 5.79. The van der Waals surface area contributed by atoms with Crippen LogP contribution in [0, 0.1) is 0 Å². The summed E-state index contributed by atoms with van der Waals surface area (Å²) in [4.78, 5) is 6.84. The lowest BCUT2D eigenvalue weighted by atomic mass is 10.1. The maximum Gasteiger partial charge on any atom is 0.197 e.